The largest absolute Gasteiger partial charge is 0.121 e. The molecule has 0 fully saturated rings. The van der Waals surface area contributed by atoms with E-state index in [4.69, 9.17) is 0 Å². The van der Waals surface area contributed by atoms with Crippen LogP contribution in [0.15, 0.2) is 11.1 Å². The molecule has 0 aliphatic rings. The van der Waals surface area contributed by atoms with Gasteiger partial charge in [0.1, 0.15) is 0 Å². The lowest BCUT2D eigenvalue weighted by Crippen LogP contribution is -1.40. The maximum Gasteiger partial charge on any atom is 0.0388 e. The van der Waals surface area contributed by atoms with Gasteiger partial charge in [-0.05, 0) is 42.5 Å². The van der Waals surface area contributed by atoms with E-state index in [0.717, 1.165) is 16.4 Å². The number of rotatable bonds is 1. The van der Waals surface area contributed by atoms with E-state index < -0.39 is 0 Å². The Bertz CT molecular complexity index is 249. The minimum Gasteiger partial charge on any atom is -0.121 e. The molecular formula is C4H4P6. The van der Waals surface area contributed by atoms with E-state index in [0.29, 0.717) is 0 Å². The Hall–Kier alpha value is 1.28. The van der Waals surface area contributed by atoms with Gasteiger partial charge in [0, 0.05) is 10.1 Å². The predicted octanol–water partition coefficient (Wildman–Crippen LogP) is 5.74. The fraction of sp³-hybridized carbons (Fsp3) is 0. The Morgan fingerprint density at radius 1 is 0.900 bits per heavy atom. The Kier molecular flexibility index (Phi) is 3.00. The van der Waals surface area contributed by atoms with Crippen LogP contribution in [0, 0.1) is 0 Å². The Labute approximate surface area is 69.2 Å². The maximum atomic E-state index is 2.40. The molecule has 0 aliphatic carbocycles. The van der Waals surface area contributed by atoms with Crippen LogP contribution >= 0.6 is 47.9 Å². The molecule has 0 spiro atoms. The quantitative estimate of drug-likeness (QED) is 0.594. The van der Waals surface area contributed by atoms with Gasteiger partial charge in [0.05, 0.1) is 0 Å². The highest BCUT2D eigenvalue weighted by Gasteiger charge is 1.96. The molecule has 2 heterocycles. The van der Waals surface area contributed by atoms with Crippen molar-refractivity contribution in [3.63, 3.8) is 0 Å². The molecule has 0 bridgehead atoms. The second kappa shape index (κ2) is 3.79. The van der Waals surface area contributed by atoms with Crippen LogP contribution in [0.5, 0.6) is 0 Å². The summed E-state index contributed by atoms with van der Waals surface area (Å²) >= 11 is 0. The molecule has 0 amide bonds. The van der Waals surface area contributed by atoms with Gasteiger partial charge < -0.3 is 0 Å². The maximum absolute atomic E-state index is 2.40. The topological polar surface area (TPSA) is 0 Å². The molecule has 10 heavy (non-hydrogen) atoms. The third kappa shape index (κ3) is 1.71. The summed E-state index contributed by atoms with van der Waals surface area (Å²) in [6.07, 6.45) is 0. The zero-order chi connectivity index (χ0) is 6.81. The van der Waals surface area contributed by atoms with Crippen LogP contribution < -0.4 is 0 Å². The molecule has 6 heteroatoms. The fourth-order valence-electron chi connectivity index (χ4n) is 0.642. The summed E-state index contributed by atoms with van der Waals surface area (Å²) in [6, 6.07) is 0. The van der Waals surface area contributed by atoms with Crippen LogP contribution in [0.1, 0.15) is 0 Å². The Balaban J connectivity index is 2.48. The van der Waals surface area contributed by atoms with Crippen molar-refractivity contribution in [3.05, 3.63) is 11.1 Å². The van der Waals surface area contributed by atoms with E-state index in [-0.39, 0.29) is 0 Å². The van der Waals surface area contributed by atoms with Gasteiger partial charge in [-0.25, -0.2) is 0 Å². The van der Waals surface area contributed by atoms with Gasteiger partial charge in [-0.2, -0.15) is 0 Å². The zero-order valence-corrected chi connectivity index (χ0v) is 10.5. The average molecular weight is 238 g/mol. The third-order valence-electron chi connectivity index (χ3n) is 1.06. The molecule has 2 atom stereocenters. The van der Waals surface area contributed by atoms with Crippen LogP contribution in [-0.2, 0) is 0 Å². The summed E-state index contributed by atoms with van der Waals surface area (Å²) in [5.74, 6) is 0. The lowest BCUT2D eigenvalue weighted by Gasteiger charge is -1.84. The molecule has 0 nitrogen and oxygen atoms in total. The number of hydrogen-bond acceptors (Lipinski definition) is 0. The average Bonchev–Trinajstić information content (AvgIpc) is 2.59. The second-order valence-electron chi connectivity index (χ2n) is 1.68. The molecule has 2 aromatic rings. The van der Waals surface area contributed by atoms with Gasteiger partial charge in [-0.3, -0.25) is 0 Å². The molecular weight excluding hydrogens is 234 g/mol. The summed E-state index contributed by atoms with van der Waals surface area (Å²) in [4.78, 5) is 0. The standard InChI is InChI=1S/C4H4P6/c1-5-3(9-7-1)4-6-2-8-10-4/h1-2,5-6H. The van der Waals surface area contributed by atoms with Crippen LogP contribution in [0.25, 0.3) is 10.1 Å². The molecule has 0 saturated carbocycles. The molecule has 0 aliphatic heterocycles. The summed E-state index contributed by atoms with van der Waals surface area (Å²) in [7, 11) is 8.27. The normalized spacial score (nSPS) is 14.8. The predicted molar refractivity (Wildman–Crippen MR) is 60.9 cm³/mol. The van der Waals surface area contributed by atoms with Crippen LogP contribution in [0.4, 0.5) is 0 Å². The lowest BCUT2D eigenvalue weighted by atomic mass is 10.9. The highest BCUT2D eigenvalue weighted by Crippen LogP contribution is 2.52. The van der Waals surface area contributed by atoms with Gasteiger partial charge in [-0.15, -0.1) is 16.4 Å². The Morgan fingerprint density at radius 2 is 1.40 bits per heavy atom. The highest BCUT2D eigenvalue weighted by molar-refractivity contribution is 8.01. The molecule has 0 saturated heterocycles. The van der Waals surface area contributed by atoms with Crippen LogP contribution in [-0.4, -0.2) is 0 Å². The van der Waals surface area contributed by atoms with Crippen molar-refractivity contribution in [3.8, 4) is 10.1 Å². The van der Waals surface area contributed by atoms with Gasteiger partial charge in [0.15, 0.2) is 0 Å². The van der Waals surface area contributed by atoms with Gasteiger partial charge in [-0.1, -0.05) is 0 Å². The summed E-state index contributed by atoms with van der Waals surface area (Å²) in [6.45, 7) is 0. The first-order valence-electron chi connectivity index (χ1n) is 2.69. The minimum atomic E-state index is 1.04. The van der Waals surface area contributed by atoms with Gasteiger partial charge in [0.2, 0.25) is 0 Å². The molecule has 2 unspecified atom stereocenters. The zero-order valence-electron chi connectivity index (χ0n) is 4.94. The van der Waals surface area contributed by atoms with Crippen molar-refractivity contribution in [2.75, 3.05) is 0 Å². The molecule has 2 aromatic heterocycles. The summed E-state index contributed by atoms with van der Waals surface area (Å²) in [5.41, 5.74) is 4.80. The van der Waals surface area contributed by atoms with E-state index in [1.165, 1.54) is 15.7 Å². The van der Waals surface area contributed by atoms with E-state index in [2.05, 4.69) is 11.1 Å². The first kappa shape index (κ1) is 7.90. The van der Waals surface area contributed by atoms with Crippen molar-refractivity contribution in [2.45, 2.75) is 0 Å². The van der Waals surface area contributed by atoms with E-state index in [1.54, 1.807) is 25.8 Å². The second-order valence-corrected chi connectivity index (χ2v) is 10.5. The molecule has 2 rings (SSSR count). The highest BCUT2D eigenvalue weighted by atomic mass is 31.8. The molecule has 0 N–H and O–H groups in total. The molecule has 0 aromatic carbocycles. The Morgan fingerprint density at radius 3 is 1.70 bits per heavy atom. The summed E-state index contributed by atoms with van der Waals surface area (Å²) < 4.78 is 0. The van der Waals surface area contributed by atoms with Crippen molar-refractivity contribution in [1.82, 2.24) is 0 Å². The first-order chi connectivity index (χ1) is 4.97. The van der Waals surface area contributed by atoms with Crippen molar-refractivity contribution in [2.24, 2.45) is 0 Å². The van der Waals surface area contributed by atoms with Crippen molar-refractivity contribution >= 4 is 47.9 Å². The van der Waals surface area contributed by atoms with Crippen molar-refractivity contribution < 1.29 is 0 Å². The van der Waals surface area contributed by atoms with Crippen molar-refractivity contribution in [1.29, 1.82) is 0 Å². The van der Waals surface area contributed by atoms with Crippen LogP contribution in [0.2, 0.25) is 0 Å². The molecule has 50 valence electrons. The van der Waals surface area contributed by atoms with Gasteiger partial charge in [0.25, 0.3) is 0 Å². The van der Waals surface area contributed by atoms with Gasteiger partial charge >= 0.3 is 0 Å². The molecule has 0 radical (unpaired) electrons. The lowest BCUT2D eigenvalue weighted by molar-refractivity contribution is 2.56. The summed E-state index contributed by atoms with van der Waals surface area (Å²) in [5, 5.41) is 3.48. The fourth-order valence-corrected chi connectivity index (χ4v) is 12.7. The van der Waals surface area contributed by atoms with Crippen LogP contribution in [0.3, 0.4) is 0 Å². The smallest absolute Gasteiger partial charge is 0.0388 e. The first-order valence-corrected chi connectivity index (χ1v) is 9.97. The number of hydrogen-bond donors (Lipinski definition) is 0. The SMILES string of the molecule is c1ppc(-c2ppc[pH]2)[pH]1. The monoisotopic (exact) mass is 238 g/mol. The minimum absolute atomic E-state index is 1.04. The third-order valence-corrected chi connectivity index (χ3v) is 12.5. The van der Waals surface area contributed by atoms with E-state index in [1.807, 2.05) is 0 Å². The van der Waals surface area contributed by atoms with E-state index in [9.17, 15) is 0 Å². The van der Waals surface area contributed by atoms with E-state index >= 15 is 0 Å².